The molecule has 0 aliphatic rings. The van der Waals surface area contributed by atoms with Crippen molar-refractivity contribution in [2.45, 2.75) is 26.3 Å². The van der Waals surface area contributed by atoms with Gasteiger partial charge in [0, 0.05) is 26.2 Å². The van der Waals surface area contributed by atoms with Crippen molar-refractivity contribution in [3.05, 3.63) is 30.1 Å². The Labute approximate surface area is 111 Å². The molecule has 1 unspecified atom stereocenters. The molecule has 0 radical (unpaired) electrons. The average Bonchev–Trinajstić information content (AvgIpc) is 2.98. The summed E-state index contributed by atoms with van der Waals surface area (Å²) < 4.78 is 3.36. The van der Waals surface area contributed by atoms with Crippen molar-refractivity contribution in [2.24, 2.45) is 7.05 Å². The summed E-state index contributed by atoms with van der Waals surface area (Å²) in [6.45, 7) is 4.31. The molecule has 2 heterocycles. The Hall–Kier alpha value is -2.18. The SMILES string of the molecule is Cc1cnn(C(C)C(=O)NCCc2ncnn2C)c1. The minimum atomic E-state index is -0.312. The van der Waals surface area contributed by atoms with E-state index in [1.54, 1.807) is 15.6 Å². The quantitative estimate of drug-likeness (QED) is 0.837. The lowest BCUT2D eigenvalue weighted by Gasteiger charge is -2.12. The fourth-order valence-corrected chi connectivity index (χ4v) is 1.76. The van der Waals surface area contributed by atoms with Gasteiger partial charge in [-0.25, -0.2) is 4.98 Å². The van der Waals surface area contributed by atoms with Gasteiger partial charge < -0.3 is 5.32 Å². The Morgan fingerprint density at radius 3 is 2.84 bits per heavy atom. The number of aryl methyl sites for hydroxylation is 2. The van der Waals surface area contributed by atoms with Crippen molar-refractivity contribution >= 4 is 5.91 Å². The minimum Gasteiger partial charge on any atom is -0.354 e. The van der Waals surface area contributed by atoms with Crippen LogP contribution in [-0.4, -0.2) is 37.0 Å². The molecule has 0 aliphatic heterocycles. The third-order valence-corrected chi connectivity index (χ3v) is 2.96. The third kappa shape index (κ3) is 3.18. The highest BCUT2D eigenvalue weighted by atomic mass is 16.2. The van der Waals surface area contributed by atoms with Crippen LogP contribution in [0.1, 0.15) is 24.4 Å². The molecule has 1 amide bonds. The van der Waals surface area contributed by atoms with Crippen LogP contribution < -0.4 is 5.32 Å². The molecule has 1 N–H and O–H groups in total. The van der Waals surface area contributed by atoms with Gasteiger partial charge in [0.15, 0.2) is 0 Å². The van der Waals surface area contributed by atoms with Gasteiger partial charge in [0.05, 0.1) is 6.20 Å². The highest BCUT2D eigenvalue weighted by Gasteiger charge is 2.15. The zero-order chi connectivity index (χ0) is 13.8. The zero-order valence-electron chi connectivity index (χ0n) is 11.4. The molecule has 2 rings (SSSR count). The van der Waals surface area contributed by atoms with Gasteiger partial charge in [0.2, 0.25) is 5.91 Å². The molecule has 102 valence electrons. The summed E-state index contributed by atoms with van der Waals surface area (Å²) in [5.74, 6) is 0.799. The van der Waals surface area contributed by atoms with Crippen LogP contribution in [-0.2, 0) is 18.3 Å². The molecule has 2 aromatic rings. The van der Waals surface area contributed by atoms with Gasteiger partial charge in [-0.1, -0.05) is 0 Å². The van der Waals surface area contributed by atoms with E-state index in [-0.39, 0.29) is 11.9 Å². The number of nitrogens with one attached hydrogen (secondary N) is 1. The second-order valence-electron chi connectivity index (χ2n) is 4.51. The van der Waals surface area contributed by atoms with Crippen molar-refractivity contribution in [2.75, 3.05) is 6.54 Å². The molecule has 0 aromatic carbocycles. The van der Waals surface area contributed by atoms with E-state index in [0.717, 1.165) is 11.4 Å². The molecule has 0 fully saturated rings. The maximum atomic E-state index is 12.0. The van der Waals surface area contributed by atoms with Crippen molar-refractivity contribution in [3.8, 4) is 0 Å². The van der Waals surface area contributed by atoms with Gasteiger partial charge in [0.1, 0.15) is 18.2 Å². The van der Waals surface area contributed by atoms with Crippen LogP contribution >= 0.6 is 0 Å². The normalized spacial score (nSPS) is 12.4. The summed E-state index contributed by atoms with van der Waals surface area (Å²) in [5.41, 5.74) is 1.04. The van der Waals surface area contributed by atoms with E-state index in [1.807, 2.05) is 27.1 Å². The van der Waals surface area contributed by atoms with Crippen molar-refractivity contribution in [1.29, 1.82) is 0 Å². The van der Waals surface area contributed by atoms with E-state index in [9.17, 15) is 4.79 Å². The molecule has 2 aromatic heterocycles. The van der Waals surface area contributed by atoms with Crippen LogP contribution in [0.4, 0.5) is 0 Å². The lowest BCUT2D eigenvalue weighted by Crippen LogP contribution is -2.33. The van der Waals surface area contributed by atoms with Gasteiger partial charge >= 0.3 is 0 Å². The molecule has 19 heavy (non-hydrogen) atoms. The summed E-state index contributed by atoms with van der Waals surface area (Å²) in [7, 11) is 1.83. The summed E-state index contributed by atoms with van der Waals surface area (Å²) in [6.07, 6.45) is 5.76. The van der Waals surface area contributed by atoms with E-state index >= 15 is 0 Å². The number of rotatable bonds is 5. The standard InChI is InChI=1S/C12H18N6O/c1-9-6-15-18(7-9)10(2)12(19)13-5-4-11-14-8-16-17(11)3/h6-8,10H,4-5H2,1-3H3,(H,13,19). The summed E-state index contributed by atoms with van der Waals surface area (Å²) in [4.78, 5) is 16.1. The van der Waals surface area contributed by atoms with E-state index < -0.39 is 0 Å². The highest BCUT2D eigenvalue weighted by Crippen LogP contribution is 2.05. The molecule has 0 saturated heterocycles. The monoisotopic (exact) mass is 262 g/mol. The van der Waals surface area contributed by atoms with E-state index in [2.05, 4.69) is 20.5 Å². The maximum absolute atomic E-state index is 12.0. The fraction of sp³-hybridized carbons (Fsp3) is 0.500. The van der Waals surface area contributed by atoms with Crippen LogP contribution in [0.15, 0.2) is 18.7 Å². The first-order valence-electron chi connectivity index (χ1n) is 6.19. The largest absolute Gasteiger partial charge is 0.354 e. The maximum Gasteiger partial charge on any atom is 0.244 e. The molecule has 1 atom stereocenters. The Balaban J connectivity index is 1.83. The Bertz CT molecular complexity index is 558. The van der Waals surface area contributed by atoms with Crippen LogP contribution in [0, 0.1) is 6.92 Å². The van der Waals surface area contributed by atoms with E-state index in [0.29, 0.717) is 13.0 Å². The molecule has 7 heteroatoms. The third-order valence-electron chi connectivity index (χ3n) is 2.96. The van der Waals surface area contributed by atoms with Gasteiger partial charge in [-0.2, -0.15) is 10.2 Å². The molecule has 0 bridgehead atoms. The smallest absolute Gasteiger partial charge is 0.244 e. The average molecular weight is 262 g/mol. The number of hydrogen-bond donors (Lipinski definition) is 1. The predicted octanol–water partition coefficient (Wildman–Crippen LogP) is 0.240. The number of hydrogen-bond acceptors (Lipinski definition) is 4. The molecular formula is C12H18N6O. The Kier molecular flexibility index (Phi) is 3.94. The first-order valence-corrected chi connectivity index (χ1v) is 6.19. The minimum absolute atomic E-state index is 0.0507. The second kappa shape index (κ2) is 5.64. The summed E-state index contributed by atoms with van der Waals surface area (Å²) >= 11 is 0. The summed E-state index contributed by atoms with van der Waals surface area (Å²) in [6, 6.07) is -0.312. The second-order valence-corrected chi connectivity index (χ2v) is 4.51. The predicted molar refractivity (Wildman–Crippen MR) is 69.4 cm³/mol. The van der Waals surface area contributed by atoms with Gasteiger partial charge in [-0.3, -0.25) is 14.2 Å². The van der Waals surface area contributed by atoms with Gasteiger partial charge in [-0.05, 0) is 19.4 Å². The molecule has 7 nitrogen and oxygen atoms in total. The number of aromatic nitrogens is 5. The lowest BCUT2D eigenvalue weighted by atomic mass is 10.3. The van der Waals surface area contributed by atoms with Crippen LogP contribution in [0.2, 0.25) is 0 Å². The van der Waals surface area contributed by atoms with Crippen molar-refractivity contribution in [3.63, 3.8) is 0 Å². The highest BCUT2D eigenvalue weighted by molar-refractivity contribution is 5.79. The Morgan fingerprint density at radius 2 is 2.26 bits per heavy atom. The topological polar surface area (TPSA) is 77.6 Å². The molecular weight excluding hydrogens is 244 g/mol. The van der Waals surface area contributed by atoms with Crippen LogP contribution in [0.25, 0.3) is 0 Å². The summed E-state index contributed by atoms with van der Waals surface area (Å²) in [5, 5.41) is 11.0. The number of amides is 1. The van der Waals surface area contributed by atoms with Gasteiger partial charge in [0.25, 0.3) is 0 Å². The van der Waals surface area contributed by atoms with Crippen molar-refractivity contribution in [1.82, 2.24) is 29.9 Å². The molecule has 0 spiro atoms. The molecule has 0 aliphatic carbocycles. The first-order chi connectivity index (χ1) is 9.08. The van der Waals surface area contributed by atoms with Gasteiger partial charge in [-0.15, -0.1) is 0 Å². The van der Waals surface area contributed by atoms with Crippen LogP contribution in [0.3, 0.4) is 0 Å². The number of carbonyl (C=O) groups excluding carboxylic acids is 1. The number of carbonyl (C=O) groups is 1. The van der Waals surface area contributed by atoms with Crippen molar-refractivity contribution < 1.29 is 4.79 Å². The number of nitrogens with zero attached hydrogens (tertiary/aromatic N) is 5. The lowest BCUT2D eigenvalue weighted by molar-refractivity contribution is -0.124. The van der Waals surface area contributed by atoms with Crippen LogP contribution in [0.5, 0.6) is 0 Å². The first kappa shape index (κ1) is 13.3. The molecule has 0 saturated carbocycles. The van der Waals surface area contributed by atoms with E-state index in [4.69, 9.17) is 0 Å². The zero-order valence-corrected chi connectivity index (χ0v) is 11.4. The fourth-order valence-electron chi connectivity index (χ4n) is 1.76. The van der Waals surface area contributed by atoms with E-state index in [1.165, 1.54) is 6.33 Å². The Morgan fingerprint density at radius 1 is 1.47 bits per heavy atom.